The topological polar surface area (TPSA) is 227 Å². The molecule has 4 heterocycles. The van der Waals surface area contributed by atoms with E-state index in [0.717, 1.165) is 76.2 Å². The van der Waals surface area contributed by atoms with Crippen LogP contribution in [0.4, 0.5) is 0 Å². The van der Waals surface area contributed by atoms with Crippen molar-refractivity contribution in [3.63, 3.8) is 0 Å². The smallest absolute Gasteiger partial charge is 0.247 e. The van der Waals surface area contributed by atoms with Gasteiger partial charge in [-0.05, 0) is 132 Å². The predicted octanol–water partition coefficient (Wildman–Crippen LogP) is 8.48. The van der Waals surface area contributed by atoms with Crippen molar-refractivity contribution >= 4 is 47.1 Å². The zero-order valence-corrected chi connectivity index (χ0v) is 52.4. The Labute approximate surface area is 521 Å². The molecule has 0 spiro atoms. The van der Waals surface area contributed by atoms with E-state index in [1.54, 1.807) is 23.8 Å². The Kier molecular flexibility index (Phi) is 25.7. The summed E-state index contributed by atoms with van der Waals surface area (Å²) in [6, 6.07) is 33.0. The van der Waals surface area contributed by atoms with E-state index in [0.29, 0.717) is 82.1 Å². The fourth-order valence-corrected chi connectivity index (χ4v) is 13.6. The van der Waals surface area contributed by atoms with Gasteiger partial charge in [-0.15, -0.1) is 0 Å². The number of carbonyl (C=O) groups excluding carboxylic acids is 8. The lowest BCUT2D eigenvalue weighted by molar-refractivity contribution is -0.144. The number of benzene rings is 4. The van der Waals surface area contributed by atoms with Gasteiger partial charge in [0.2, 0.25) is 41.4 Å². The lowest BCUT2D eigenvalue weighted by Gasteiger charge is -2.33. The largest absolute Gasteiger partial charge is 0.354 e. The fourth-order valence-electron chi connectivity index (χ4n) is 13.6. The molecule has 17 heteroatoms. The summed E-state index contributed by atoms with van der Waals surface area (Å²) in [6.45, 7) is 7.13. The van der Waals surface area contributed by atoms with Gasteiger partial charge in [0.05, 0.1) is 6.04 Å². The summed E-state index contributed by atoms with van der Waals surface area (Å²) in [6.07, 6.45) is 14.5. The van der Waals surface area contributed by atoms with Crippen LogP contribution in [0.25, 0.3) is 0 Å². The average molecular weight is 1200 g/mol. The van der Waals surface area contributed by atoms with Crippen LogP contribution in [0.2, 0.25) is 0 Å². The molecule has 8 rings (SSSR count). The number of amides is 7. The molecule has 0 bridgehead atoms. The first-order valence-electron chi connectivity index (χ1n) is 33.0. The van der Waals surface area contributed by atoms with Crippen molar-refractivity contribution in [3.05, 3.63) is 144 Å². The quantitative estimate of drug-likeness (QED) is 0.0231. The van der Waals surface area contributed by atoms with Gasteiger partial charge < -0.3 is 47.0 Å². The number of likely N-dealkylation sites (N-methyl/N-ethyl adjacent to an activating group) is 1. The van der Waals surface area contributed by atoms with Gasteiger partial charge in [0, 0.05) is 50.0 Å². The van der Waals surface area contributed by atoms with Gasteiger partial charge in [0.1, 0.15) is 36.3 Å². The van der Waals surface area contributed by atoms with E-state index in [1.165, 1.54) is 5.56 Å². The van der Waals surface area contributed by atoms with E-state index in [9.17, 15) is 38.4 Å². The van der Waals surface area contributed by atoms with Gasteiger partial charge >= 0.3 is 0 Å². The van der Waals surface area contributed by atoms with E-state index >= 15 is 0 Å². The number of aryl methyl sites for hydroxylation is 1. The number of ketones is 1. The highest BCUT2D eigenvalue weighted by molar-refractivity contribution is 5.97. The van der Waals surface area contributed by atoms with Crippen LogP contribution in [0.15, 0.2) is 121 Å². The molecular formula is C71H97N9O8. The molecule has 4 aliphatic rings. The number of rotatable bonds is 32. The van der Waals surface area contributed by atoms with Gasteiger partial charge in [-0.1, -0.05) is 167 Å². The van der Waals surface area contributed by atoms with Gasteiger partial charge in [-0.25, -0.2) is 0 Å². The van der Waals surface area contributed by atoms with Crippen molar-refractivity contribution in [2.45, 2.75) is 210 Å². The molecule has 17 nitrogen and oxygen atoms in total. The predicted molar refractivity (Wildman–Crippen MR) is 342 cm³/mol. The summed E-state index contributed by atoms with van der Waals surface area (Å²) in [5, 5.41) is 21.9. The van der Waals surface area contributed by atoms with Crippen LogP contribution in [0, 0.1) is 17.8 Å². The molecule has 12 atom stereocenters. The Morgan fingerprint density at radius 1 is 0.523 bits per heavy atom. The second kappa shape index (κ2) is 33.9. The summed E-state index contributed by atoms with van der Waals surface area (Å²) in [7, 11) is 1.70. The molecule has 4 aliphatic heterocycles. The van der Waals surface area contributed by atoms with Crippen LogP contribution in [0.1, 0.15) is 177 Å². The molecule has 4 saturated heterocycles. The number of hydrogen-bond acceptors (Lipinski definition) is 10. The molecule has 7 amide bonds. The summed E-state index contributed by atoms with van der Waals surface area (Å²) in [5.41, 5.74) is 3.68. The number of nitrogens with zero attached hydrogens (tertiary/aromatic N) is 2. The number of carbonyl (C=O) groups is 8. The van der Waals surface area contributed by atoms with Crippen LogP contribution in [-0.4, -0.2) is 119 Å². The summed E-state index contributed by atoms with van der Waals surface area (Å²) >= 11 is 0. The Morgan fingerprint density at radius 2 is 1.00 bits per heavy atom. The van der Waals surface area contributed by atoms with Crippen LogP contribution in [-0.2, 0) is 51.3 Å². The summed E-state index contributed by atoms with van der Waals surface area (Å²) in [4.78, 5) is 117. The number of nitrogens with one attached hydrogen (secondary N) is 7. The van der Waals surface area contributed by atoms with E-state index < -0.39 is 42.3 Å². The maximum atomic E-state index is 14.7. The molecule has 7 N–H and O–H groups in total. The summed E-state index contributed by atoms with van der Waals surface area (Å²) in [5.74, 6) is -2.58. The minimum Gasteiger partial charge on any atom is -0.354 e. The van der Waals surface area contributed by atoms with Crippen molar-refractivity contribution in [1.29, 1.82) is 0 Å². The lowest BCUT2D eigenvalue weighted by Crippen LogP contribution is -2.59. The maximum absolute atomic E-state index is 14.7. The standard InChI is InChI=1S/C71H97N9O8/c1-5-48(2)65(82)77-63-54(35-25-30-50-26-15-11-16-27-50)37-39-56-41-44-59(79(56)70(63)87)68(85)76-62(53-33-21-14-22-34-53)69(86)74-45-24-10-8-6-7-9-23-36-60(81)61(52-31-19-13-20-32-52)75-67(84)58-43-42-57-40-38-55(47-73-46-51-28-17-12-18-29-51)64(71(88)80(57)58)78-66(83)49(3)72-4/h11-22,26-29,31-34,48-49,54-59,61-64,72-73H,5-10,23-25,30,35-47H2,1-4H3,(H,74,86)(H,75,84)(H,76,85)(H,77,82)(H,78,83)/t48-,49+,54+,55-,56+,57+,58+,59+,61?,62+,63+,64+/m1/s1. The highest BCUT2D eigenvalue weighted by Crippen LogP contribution is 2.38. The van der Waals surface area contributed by atoms with Crippen molar-refractivity contribution in [2.75, 3.05) is 20.1 Å². The first kappa shape index (κ1) is 66.7. The first-order valence-corrected chi connectivity index (χ1v) is 33.0. The molecule has 1 unspecified atom stereocenters. The molecule has 0 saturated carbocycles. The molecule has 4 aromatic carbocycles. The Bertz CT molecular complexity index is 2700. The number of Topliss-reactive ketones (excluding diaryl/α,β-unsaturated/α-hetero) is 1. The van der Waals surface area contributed by atoms with Gasteiger partial charge in [-0.3, -0.25) is 38.4 Å². The SMILES string of the molecule is CC[C@@H](C)C(=O)N[C@@H]1C(=O)N2[C@@H](CC[C@@H]1CCCc1ccccc1)CC[C@H]2C(=O)N[C@H](C(=O)NCCCCCCCCCC(=O)C(NC(=O)[C@@H]1CC[C@@H]2CC[C@H](CNCc3ccccc3)[C@H](NC(=O)[C@H](C)NC)C(=O)N21)c1ccccc1)c1ccccc1. The first-order chi connectivity index (χ1) is 42.8. The van der Waals surface area contributed by atoms with Crippen LogP contribution >= 0.6 is 0 Å². The fraction of sp³-hybridized carbons (Fsp3) is 0.549. The number of fused-ring (bicyclic) bond motifs is 2. The van der Waals surface area contributed by atoms with Crippen molar-refractivity contribution < 1.29 is 38.4 Å². The number of hydrogen-bond donors (Lipinski definition) is 7. The summed E-state index contributed by atoms with van der Waals surface area (Å²) < 4.78 is 0. The zero-order chi connectivity index (χ0) is 62.4. The molecule has 0 aliphatic carbocycles. The van der Waals surface area contributed by atoms with Crippen molar-refractivity contribution in [3.8, 4) is 0 Å². The van der Waals surface area contributed by atoms with Gasteiger partial charge in [-0.2, -0.15) is 0 Å². The highest BCUT2D eigenvalue weighted by atomic mass is 16.2. The highest BCUT2D eigenvalue weighted by Gasteiger charge is 2.50. The molecule has 4 aromatic rings. The Hall–Kier alpha value is -7.24. The third kappa shape index (κ3) is 18.2. The van der Waals surface area contributed by atoms with Gasteiger partial charge in [0.15, 0.2) is 5.78 Å². The molecular weight excluding hydrogens is 1110 g/mol. The van der Waals surface area contributed by atoms with Crippen LogP contribution in [0.3, 0.4) is 0 Å². The third-order valence-corrected chi connectivity index (χ3v) is 19.1. The van der Waals surface area contributed by atoms with Crippen molar-refractivity contribution in [2.24, 2.45) is 17.8 Å². The average Bonchev–Trinajstić information content (AvgIpc) is 2.23. The Balaban J connectivity index is 0.791. The molecule has 4 fully saturated rings. The van der Waals surface area contributed by atoms with E-state index in [1.807, 2.05) is 123 Å². The molecule has 0 aromatic heterocycles. The van der Waals surface area contributed by atoms with Crippen LogP contribution < -0.4 is 37.2 Å². The normalized spacial score (nSPS) is 23.0. The minimum atomic E-state index is -0.968. The van der Waals surface area contributed by atoms with Crippen LogP contribution in [0.5, 0.6) is 0 Å². The second-order valence-corrected chi connectivity index (χ2v) is 25.1. The molecule has 0 radical (unpaired) electrons. The molecule has 88 heavy (non-hydrogen) atoms. The van der Waals surface area contributed by atoms with E-state index in [2.05, 4.69) is 49.4 Å². The van der Waals surface area contributed by atoms with E-state index in [4.69, 9.17) is 0 Å². The monoisotopic (exact) mass is 1200 g/mol. The molecule has 474 valence electrons. The minimum absolute atomic E-state index is 0.0642. The lowest BCUT2D eigenvalue weighted by atomic mass is 9.87. The zero-order valence-electron chi connectivity index (χ0n) is 52.4. The van der Waals surface area contributed by atoms with Gasteiger partial charge in [0.25, 0.3) is 0 Å². The second-order valence-electron chi connectivity index (χ2n) is 25.1. The maximum Gasteiger partial charge on any atom is 0.247 e. The Morgan fingerprint density at radius 3 is 1.57 bits per heavy atom. The third-order valence-electron chi connectivity index (χ3n) is 19.1. The van der Waals surface area contributed by atoms with Crippen molar-refractivity contribution in [1.82, 2.24) is 47.0 Å². The van der Waals surface area contributed by atoms with E-state index in [-0.39, 0.29) is 83.4 Å². The number of unbranched alkanes of at least 4 members (excludes halogenated alkanes) is 6.